The molecule has 1 unspecified atom stereocenters. The molecule has 1 aliphatic heterocycles. The Kier molecular flexibility index (Phi) is 4.03. The molecule has 21 heavy (non-hydrogen) atoms. The van der Waals surface area contributed by atoms with E-state index in [2.05, 4.69) is 77.8 Å². The van der Waals surface area contributed by atoms with Crippen molar-refractivity contribution in [3.63, 3.8) is 0 Å². The van der Waals surface area contributed by atoms with Gasteiger partial charge in [0.2, 0.25) is 0 Å². The first kappa shape index (κ1) is 14.2. The molecule has 4 heteroatoms. The summed E-state index contributed by atoms with van der Waals surface area (Å²) in [5.41, 5.74) is 7.87. The van der Waals surface area contributed by atoms with E-state index in [0.29, 0.717) is 0 Å². The zero-order valence-electron chi connectivity index (χ0n) is 12.6. The molecule has 1 saturated heterocycles. The van der Waals surface area contributed by atoms with Crippen LogP contribution >= 0.6 is 0 Å². The molecule has 2 aromatic rings. The Bertz CT molecular complexity index is 598. The van der Waals surface area contributed by atoms with E-state index in [0.717, 1.165) is 13.2 Å². The number of benzene rings is 2. The van der Waals surface area contributed by atoms with Gasteiger partial charge in [-0.1, -0.05) is 61.0 Å². The molecule has 4 nitrogen and oxygen atoms in total. The van der Waals surface area contributed by atoms with Crippen molar-refractivity contribution in [3.8, 4) is 11.1 Å². The Labute approximate surface area is 126 Å². The molecule has 2 aromatic carbocycles. The zero-order valence-corrected chi connectivity index (χ0v) is 12.6. The average Bonchev–Trinajstić information content (AvgIpc) is 2.49. The number of hydrazine groups is 2. The molecule has 1 heterocycles. The lowest BCUT2D eigenvalue weighted by Gasteiger charge is -2.50. The van der Waals surface area contributed by atoms with Crippen molar-refractivity contribution in [2.45, 2.75) is 20.0 Å². The Balaban J connectivity index is 2.01. The number of nitrogens with zero attached hydrogens (tertiary/aromatic N) is 2. The third-order valence-corrected chi connectivity index (χ3v) is 4.15. The summed E-state index contributed by atoms with van der Waals surface area (Å²) in [6.07, 6.45) is 0.192. The van der Waals surface area contributed by atoms with Gasteiger partial charge < -0.3 is 0 Å². The third kappa shape index (κ3) is 2.59. The topological polar surface area (TPSA) is 44.5 Å². The van der Waals surface area contributed by atoms with Gasteiger partial charge >= 0.3 is 0 Å². The second kappa shape index (κ2) is 5.95. The maximum Gasteiger partial charge on any atom is 0.106 e. The van der Waals surface area contributed by atoms with E-state index in [1.165, 1.54) is 22.3 Å². The molecule has 3 N–H and O–H groups in total. The number of hydrogen-bond donors (Lipinski definition) is 2. The number of rotatable bonds is 4. The van der Waals surface area contributed by atoms with Crippen LogP contribution in [0.3, 0.4) is 0 Å². The molecule has 1 fully saturated rings. The molecule has 0 radical (unpaired) electrons. The standard InChI is InChI=1S/C17H22N4/c1-3-20-12-21(19-18)17(20)16-7-5-4-6-15(16)14-10-8-13(2)9-11-14/h4-11,17,19H,3,12,18H2,1-2H3. The highest BCUT2D eigenvalue weighted by Gasteiger charge is 2.37. The number of nitrogens with two attached hydrogens (primary N) is 1. The first-order valence-corrected chi connectivity index (χ1v) is 7.37. The Morgan fingerprint density at radius 1 is 1.14 bits per heavy atom. The van der Waals surface area contributed by atoms with Crippen LogP contribution < -0.4 is 11.4 Å². The Morgan fingerprint density at radius 2 is 1.86 bits per heavy atom. The van der Waals surface area contributed by atoms with Crippen LogP contribution in [0.5, 0.6) is 0 Å². The van der Waals surface area contributed by atoms with Crippen molar-refractivity contribution < 1.29 is 0 Å². The van der Waals surface area contributed by atoms with E-state index in [4.69, 9.17) is 5.84 Å². The van der Waals surface area contributed by atoms with E-state index in [9.17, 15) is 0 Å². The van der Waals surface area contributed by atoms with Crippen molar-refractivity contribution in [2.24, 2.45) is 5.84 Å². The predicted octanol–water partition coefficient (Wildman–Crippen LogP) is 2.63. The summed E-state index contributed by atoms with van der Waals surface area (Å²) in [4.78, 5) is 2.38. The SMILES string of the molecule is CCN1CN(NN)C1c1ccccc1-c1ccc(C)cc1. The quantitative estimate of drug-likeness (QED) is 0.668. The minimum absolute atomic E-state index is 0.192. The third-order valence-electron chi connectivity index (χ3n) is 4.15. The molecule has 0 saturated carbocycles. The van der Waals surface area contributed by atoms with Crippen LogP contribution in [0.25, 0.3) is 11.1 Å². The van der Waals surface area contributed by atoms with Crippen LogP contribution in [0.1, 0.15) is 24.2 Å². The second-order valence-electron chi connectivity index (χ2n) is 5.47. The normalized spacial score (nSPS) is 19.5. The lowest BCUT2D eigenvalue weighted by molar-refractivity contribution is -0.142. The minimum atomic E-state index is 0.192. The molecular formula is C17H22N4. The number of aryl methyl sites for hydroxylation is 1. The van der Waals surface area contributed by atoms with Gasteiger partial charge in [-0.05, 0) is 30.2 Å². The van der Waals surface area contributed by atoms with Gasteiger partial charge in [-0.3, -0.25) is 10.7 Å². The highest BCUT2D eigenvalue weighted by molar-refractivity contribution is 5.68. The highest BCUT2D eigenvalue weighted by atomic mass is 15.8. The molecular weight excluding hydrogens is 260 g/mol. The molecule has 0 aromatic heterocycles. The molecule has 0 bridgehead atoms. The average molecular weight is 282 g/mol. The zero-order chi connectivity index (χ0) is 14.8. The summed E-state index contributed by atoms with van der Waals surface area (Å²) < 4.78 is 0. The van der Waals surface area contributed by atoms with E-state index in [1.54, 1.807) is 0 Å². The van der Waals surface area contributed by atoms with Gasteiger partial charge in [-0.25, -0.2) is 0 Å². The molecule has 0 amide bonds. The fourth-order valence-corrected chi connectivity index (χ4v) is 2.92. The predicted molar refractivity (Wildman–Crippen MR) is 85.8 cm³/mol. The Morgan fingerprint density at radius 3 is 2.52 bits per heavy atom. The van der Waals surface area contributed by atoms with Gasteiger partial charge in [0.05, 0.1) is 6.67 Å². The smallest absolute Gasteiger partial charge is 0.106 e. The maximum absolute atomic E-state index is 5.64. The van der Waals surface area contributed by atoms with Gasteiger partial charge in [0, 0.05) is 0 Å². The van der Waals surface area contributed by atoms with Crippen molar-refractivity contribution in [2.75, 3.05) is 13.2 Å². The van der Waals surface area contributed by atoms with Crippen molar-refractivity contribution >= 4 is 0 Å². The molecule has 1 aliphatic rings. The second-order valence-corrected chi connectivity index (χ2v) is 5.47. The van der Waals surface area contributed by atoms with Gasteiger partial charge in [0.25, 0.3) is 0 Å². The Hall–Kier alpha value is -1.72. The van der Waals surface area contributed by atoms with Crippen molar-refractivity contribution in [3.05, 3.63) is 59.7 Å². The molecule has 0 spiro atoms. The van der Waals surface area contributed by atoms with Crippen LogP contribution in [0.15, 0.2) is 48.5 Å². The van der Waals surface area contributed by atoms with Crippen LogP contribution in [0, 0.1) is 6.92 Å². The van der Waals surface area contributed by atoms with Crippen LogP contribution in [0.2, 0.25) is 0 Å². The summed E-state index contributed by atoms with van der Waals surface area (Å²) in [7, 11) is 0. The van der Waals surface area contributed by atoms with Crippen molar-refractivity contribution in [1.29, 1.82) is 0 Å². The largest absolute Gasteiger partial charge is 0.269 e. The first-order valence-electron chi connectivity index (χ1n) is 7.37. The van der Waals surface area contributed by atoms with Gasteiger partial charge in [-0.2, -0.15) is 10.5 Å². The minimum Gasteiger partial charge on any atom is -0.269 e. The first-order chi connectivity index (χ1) is 10.2. The van der Waals surface area contributed by atoms with Crippen LogP contribution in [-0.2, 0) is 0 Å². The van der Waals surface area contributed by atoms with E-state index in [1.807, 2.05) is 0 Å². The van der Waals surface area contributed by atoms with E-state index < -0.39 is 0 Å². The summed E-state index contributed by atoms with van der Waals surface area (Å²) >= 11 is 0. The van der Waals surface area contributed by atoms with E-state index in [-0.39, 0.29) is 6.17 Å². The summed E-state index contributed by atoms with van der Waals surface area (Å²) in [5, 5.41) is 2.05. The molecule has 0 aliphatic carbocycles. The van der Waals surface area contributed by atoms with Gasteiger partial charge in [-0.15, -0.1) is 0 Å². The fraction of sp³-hybridized carbons (Fsp3) is 0.294. The van der Waals surface area contributed by atoms with Crippen LogP contribution in [-0.4, -0.2) is 23.1 Å². The van der Waals surface area contributed by atoms with Gasteiger partial charge in [0.15, 0.2) is 0 Å². The lowest BCUT2D eigenvalue weighted by Crippen LogP contribution is -2.64. The maximum atomic E-state index is 5.64. The van der Waals surface area contributed by atoms with Gasteiger partial charge in [0.1, 0.15) is 6.17 Å². The monoisotopic (exact) mass is 282 g/mol. The lowest BCUT2D eigenvalue weighted by atomic mass is 9.95. The van der Waals surface area contributed by atoms with Crippen LogP contribution in [0.4, 0.5) is 0 Å². The summed E-state index contributed by atoms with van der Waals surface area (Å²) in [6.45, 7) is 6.14. The van der Waals surface area contributed by atoms with E-state index >= 15 is 0 Å². The highest BCUT2D eigenvalue weighted by Crippen LogP contribution is 2.37. The number of hydrogen-bond acceptors (Lipinski definition) is 4. The molecule has 1 atom stereocenters. The molecule has 3 rings (SSSR count). The number of nitrogens with one attached hydrogen (secondary N) is 1. The summed E-state index contributed by atoms with van der Waals surface area (Å²) in [6, 6.07) is 17.2. The fourth-order valence-electron chi connectivity index (χ4n) is 2.92. The van der Waals surface area contributed by atoms with Crippen molar-refractivity contribution in [1.82, 2.24) is 15.4 Å². The molecule has 110 valence electrons. The summed E-state index contributed by atoms with van der Waals surface area (Å²) in [5.74, 6) is 5.64.